The van der Waals surface area contributed by atoms with Gasteiger partial charge in [-0.3, -0.25) is 0 Å². The summed E-state index contributed by atoms with van der Waals surface area (Å²) in [7, 11) is 1.66. The van der Waals surface area contributed by atoms with Crippen molar-refractivity contribution in [2.45, 2.75) is 13.8 Å². The van der Waals surface area contributed by atoms with Crippen molar-refractivity contribution in [2.75, 3.05) is 23.9 Å². The topological polar surface area (TPSA) is 50.3 Å². The molecule has 128 valence electrons. The molecule has 1 aromatic heterocycles. The first kappa shape index (κ1) is 16.8. The van der Waals surface area contributed by atoms with Gasteiger partial charge in [0.1, 0.15) is 23.2 Å². The molecule has 0 amide bonds. The summed E-state index contributed by atoms with van der Waals surface area (Å²) >= 11 is 0. The third-order valence-corrected chi connectivity index (χ3v) is 3.85. The summed E-state index contributed by atoms with van der Waals surface area (Å²) in [5.41, 5.74) is 1.98. The smallest absolute Gasteiger partial charge is 0.142 e. The second kappa shape index (κ2) is 7.66. The molecular formula is C20H22N4O. The molecule has 1 heterocycles. The lowest BCUT2D eigenvalue weighted by Gasteiger charge is -2.23. The van der Waals surface area contributed by atoms with Crippen molar-refractivity contribution in [1.29, 1.82) is 0 Å². The first-order valence-electron chi connectivity index (χ1n) is 8.29. The van der Waals surface area contributed by atoms with Gasteiger partial charge in [-0.1, -0.05) is 30.3 Å². The molecule has 0 aliphatic heterocycles. The van der Waals surface area contributed by atoms with Crippen molar-refractivity contribution in [1.82, 2.24) is 9.97 Å². The number of anilines is 4. The Labute approximate surface area is 148 Å². The molecule has 3 rings (SSSR count). The van der Waals surface area contributed by atoms with Crippen molar-refractivity contribution >= 4 is 23.0 Å². The highest BCUT2D eigenvalue weighted by Gasteiger charge is 2.12. The first-order valence-corrected chi connectivity index (χ1v) is 8.29. The number of hydrogen-bond acceptors (Lipinski definition) is 5. The molecule has 0 unspecified atom stereocenters. The van der Waals surface area contributed by atoms with Gasteiger partial charge in [0.25, 0.3) is 0 Å². The van der Waals surface area contributed by atoms with E-state index in [0.29, 0.717) is 5.82 Å². The molecule has 0 aliphatic carbocycles. The fraction of sp³-hybridized carbons (Fsp3) is 0.200. The molecule has 0 spiro atoms. The van der Waals surface area contributed by atoms with Crippen molar-refractivity contribution in [3.63, 3.8) is 0 Å². The van der Waals surface area contributed by atoms with E-state index < -0.39 is 0 Å². The highest BCUT2D eigenvalue weighted by molar-refractivity contribution is 5.68. The van der Waals surface area contributed by atoms with Crippen LogP contribution in [0.15, 0.2) is 60.7 Å². The molecule has 0 saturated carbocycles. The molecule has 3 aromatic rings. The Hall–Kier alpha value is -3.08. The van der Waals surface area contributed by atoms with E-state index in [1.807, 2.05) is 55.5 Å². The third kappa shape index (κ3) is 3.88. The van der Waals surface area contributed by atoms with E-state index in [4.69, 9.17) is 4.74 Å². The van der Waals surface area contributed by atoms with Crippen LogP contribution in [-0.2, 0) is 0 Å². The molecule has 5 heteroatoms. The molecule has 0 fully saturated rings. The third-order valence-electron chi connectivity index (χ3n) is 3.85. The van der Waals surface area contributed by atoms with E-state index in [9.17, 15) is 0 Å². The Morgan fingerprint density at radius 1 is 1.00 bits per heavy atom. The van der Waals surface area contributed by atoms with Gasteiger partial charge in [-0.2, -0.15) is 0 Å². The maximum atomic E-state index is 5.40. The SMILES string of the molecule is CCN(c1ccccc1)c1cc(Nc2ccccc2OC)nc(C)n1. The second-order valence-electron chi connectivity index (χ2n) is 5.56. The molecule has 0 bridgehead atoms. The van der Waals surface area contributed by atoms with Crippen LogP contribution in [0.4, 0.5) is 23.0 Å². The van der Waals surface area contributed by atoms with Crippen molar-refractivity contribution in [3.05, 3.63) is 66.5 Å². The molecule has 25 heavy (non-hydrogen) atoms. The van der Waals surface area contributed by atoms with Gasteiger partial charge in [0, 0.05) is 18.3 Å². The van der Waals surface area contributed by atoms with Crippen LogP contribution in [-0.4, -0.2) is 23.6 Å². The van der Waals surface area contributed by atoms with Crippen LogP contribution in [0.25, 0.3) is 0 Å². The van der Waals surface area contributed by atoms with Gasteiger partial charge in [-0.05, 0) is 38.1 Å². The van der Waals surface area contributed by atoms with Crippen LogP contribution in [0.1, 0.15) is 12.7 Å². The Morgan fingerprint density at radius 2 is 1.72 bits per heavy atom. The number of ether oxygens (including phenoxy) is 1. The zero-order valence-corrected chi connectivity index (χ0v) is 14.7. The predicted octanol–water partition coefficient (Wildman–Crippen LogP) is 4.70. The lowest BCUT2D eigenvalue weighted by molar-refractivity contribution is 0.417. The van der Waals surface area contributed by atoms with Crippen LogP contribution in [0.2, 0.25) is 0 Å². The minimum Gasteiger partial charge on any atom is -0.495 e. The van der Waals surface area contributed by atoms with E-state index >= 15 is 0 Å². The van der Waals surface area contributed by atoms with Crippen LogP contribution in [0, 0.1) is 6.92 Å². The summed E-state index contributed by atoms with van der Waals surface area (Å²) in [6.45, 7) is 4.82. The minimum absolute atomic E-state index is 0.712. The van der Waals surface area contributed by atoms with Crippen molar-refractivity contribution < 1.29 is 4.74 Å². The van der Waals surface area contributed by atoms with Gasteiger partial charge in [0.15, 0.2) is 0 Å². The van der Waals surface area contributed by atoms with Gasteiger partial charge in [-0.15, -0.1) is 0 Å². The molecule has 1 N–H and O–H groups in total. The maximum absolute atomic E-state index is 5.40. The molecule has 0 saturated heterocycles. The van der Waals surface area contributed by atoms with E-state index in [1.165, 1.54) is 0 Å². The van der Waals surface area contributed by atoms with Gasteiger partial charge < -0.3 is 15.0 Å². The van der Waals surface area contributed by atoms with Crippen molar-refractivity contribution in [3.8, 4) is 5.75 Å². The lowest BCUT2D eigenvalue weighted by Crippen LogP contribution is -2.18. The van der Waals surface area contributed by atoms with Gasteiger partial charge in [-0.25, -0.2) is 9.97 Å². The number of hydrogen-bond donors (Lipinski definition) is 1. The Kier molecular flexibility index (Phi) is 5.14. The highest BCUT2D eigenvalue weighted by atomic mass is 16.5. The number of para-hydroxylation sites is 3. The number of benzene rings is 2. The van der Waals surface area contributed by atoms with Crippen LogP contribution in [0.5, 0.6) is 5.75 Å². The molecule has 0 aliphatic rings. The molecule has 0 radical (unpaired) electrons. The highest BCUT2D eigenvalue weighted by Crippen LogP contribution is 2.29. The van der Waals surface area contributed by atoms with E-state index in [0.717, 1.165) is 35.3 Å². The fourth-order valence-corrected chi connectivity index (χ4v) is 2.72. The molecule has 0 atom stereocenters. The normalized spacial score (nSPS) is 10.4. The number of nitrogens with zero attached hydrogens (tertiary/aromatic N) is 3. The average Bonchev–Trinajstić information content (AvgIpc) is 2.63. The summed E-state index contributed by atoms with van der Waals surface area (Å²) in [6, 6.07) is 20.0. The van der Waals surface area contributed by atoms with Gasteiger partial charge in [0.05, 0.1) is 12.8 Å². The minimum atomic E-state index is 0.712. The van der Waals surface area contributed by atoms with E-state index in [1.54, 1.807) is 7.11 Å². The number of rotatable bonds is 6. The van der Waals surface area contributed by atoms with Crippen molar-refractivity contribution in [2.24, 2.45) is 0 Å². The first-order chi connectivity index (χ1) is 12.2. The quantitative estimate of drug-likeness (QED) is 0.708. The monoisotopic (exact) mass is 334 g/mol. The number of methoxy groups -OCH3 is 1. The van der Waals surface area contributed by atoms with Gasteiger partial charge >= 0.3 is 0 Å². The maximum Gasteiger partial charge on any atom is 0.142 e. The summed E-state index contributed by atoms with van der Waals surface area (Å²) in [5.74, 6) is 3.08. The summed E-state index contributed by atoms with van der Waals surface area (Å²) in [4.78, 5) is 11.3. The lowest BCUT2D eigenvalue weighted by atomic mass is 10.2. The van der Waals surface area contributed by atoms with Crippen LogP contribution in [0.3, 0.4) is 0 Å². The average molecular weight is 334 g/mol. The molecule has 5 nitrogen and oxygen atoms in total. The van der Waals surface area contributed by atoms with Crippen LogP contribution < -0.4 is 15.0 Å². The second-order valence-corrected chi connectivity index (χ2v) is 5.56. The Balaban J connectivity index is 1.95. The number of aromatic nitrogens is 2. The summed E-state index contributed by atoms with van der Waals surface area (Å²) < 4.78 is 5.40. The Morgan fingerprint density at radius 3 is 2.44 bits per heavy atom. The zero-order chi connectivity index (χ0) is 17.6. The standard InChI is InChI=1S/C20H22N4O/c1-4-24(16-10-6-5-7-11-16)20-14-19(21-15(2)22-20)23-17-12-8-9-13-18(17)25-3/h5-14H,4H2,1-3H3,(H,21,22,23). The molecular weight excluding hydrogens is 312 g/mol. The summed E-state index contributed by atoms with van der Waals surface area (Å²) in [5, 5.41) is 3.33. The summed E-state index contributed by atoms with van der Waals surface area (Å²) in [6.07, 6.45) is 0. The van der Waals surface area contributed by atoms with E-state index in [-0.39, 0.29) is 0 Å². The Bertz CT molecular complexity index is 836. The van der Waals surface area contributed by atoms with Gasteiger partial charge in [0.2, 0.25) is 0 Å². The van der Waals surface area contributed by atoms with E-state index in [2.05, 4.69) is 39.2 Å². The number of aryl methyl sites for hydroxylation is 1. The fourth-order valence-electron chi connectivity index (χ4n) is 2.72. The molecule has 2 aromatic carbocycles. The number of nitrogens with one attached hydrogen (secondary N) is 1. The van der Waals surface area contributed by atoms with Crippen LogP contribution >= 0.6 is 0 Å². The largest absolute Gasteiger partial charge is 0.495 e. The predicted molar refractivity (Wildman–Crippen MR) is 102 cm³/mol. The zero-order valence-electron chi connectivity index (χ0n) is 14.7.